The van der Waals surface area contributed by atoms with Gasteiger partial charge in [-0.05, 0) is 18.1 Å². The molecule has 1 atom stereocenters. The Hall–Kier alpha value is -1.82. The first-order valence-corrected chi connectivity index (χ1v) is 6.12. The molecule has 0 saturated heterocycles. The second-order valence-electron chi connectivity index (χ2n) is 4.70. The molecular weight excluding hydrogens is 248 g/mol. The number of hydrogen-bond donors (Lipinski definition) is 2. The minimum absolute atomic E-state index is 0.0123. The summed E-state index contributed by atoms with van der Waals surface area (Å²) < 4.78 is 6.45. The summed E-state index contributed by atoms with van der Waals surface area (Å²) in [7, 11) is 1.58. The lowest BCUT2D eigenvalue weighted by atomic mass is 10.1. The fourth-order valence-electron chi connectivity index (χ4n) is 1.73. The zero-order valence-corrected chi connectivity index (χ0v) is 11.4. The number of ether oxygens (including phenoxy) is 1. The van der Waals surface area contributed by atoms with Crippen LogP contribution >= 0.6 is 0 Å². The number of aromatic carboxylic acids is 1. The minimum atomic E-state index is -1.05. The van der Waals surface area contributed by atoms with E-state index in [1.807, 2.05) is 13.8 Å². The summed E-state index contributed by atoms with van der Waals surface area (Å²) in [6, 6.07) is 2.98. The van der Waals surface area contributed by atoms with Gasteiger partial charge in [-0.2, -0.15) is 0 Å². The molecule has 0 aromatic carbocycles. The van der Waals surface area contributed by atoms with Gasteiger partial charge in [-0.1, -0.05) is 13.8 Å². The summed E-state index contributed by atoms with van der Waals surface area (Å²) in [5.41, 5.74) is 0.1000. The van der Waals surface area contributed by atoms with Gasteiger partial charge in [0.05, 0.1) is 12.6 Å². The number of carbonyl (C=O) groups excluding carboxylic acids is 1. The summed E-state index contributed by atoms with van der Waals surface area (Å²) in [6.07, 6.45) is 1.57. The zero-order chi connectivity index (χ0) is 14.4. The molecule has 1 rings (SSSR count). The summed E-state index contributed by atoms with van der Waals surface area (Å²) in [4.78, 5) is 22.8. The largest absolute Gasteiger partial charge is 0.477 e. The van der Waals surface area contributed by atoms with Crippen molar-refractivity contribution in [2.24, 2.45) is 5.92 Å². The van der Waals surface area contributed by atoms with Crippen molar-refractivity contribution in [3.05, 3.63) is 24.0 Å². The SMILES string of the molecule is COCC(NC(=O)Cn1cccc1C(=O)O)C(C)C. The zero-order valence-electron chi connectivity index (χ0n) is 11.4. The number of aromatic nitrogens is 1. The molecule has 0 radical (unpaired) electrons. The van der Waals surface area contributed by atoms with Gasteiger partial charge in [0, 0.05) is 13.3 Å². The standard InChI is InChI=1S/C13H20N2O4/c1-9(2)10(8-19-3)14-12(16)7-15-6-4-5-11(15)13(17)18/h4-6,9-10H,7-8H2,1-3H3,(H,14,16)(H,17,18). The molecule has 1 heterocycles. The molecule has 0 aliphatic rings. The Bertz CT molecular complexity index is 440. The third-order valence-corrected chi connectivity index (χ3v) is 2.86. The Labute approximate surface area is 112 Å². The Morgan fingerprint density at radius 3 is 2.68 bits per heavy atom. The van der Waals surface area contributed by atoms with Crippen molar-refractivity contribution < 1.29 is 19.4 Å². The van der Waals surface area contributed by atoms with Gasteiger partial charge in [0.25, 0.3) is 0 Å². The summed E-state index contributed by atoms with van der Waals surface area (Å²) >= 11 is 0. The molecule has 19 heavy (non-hydrogen) atoms. The fourth-order valence-corrected chi connectivity index (χ4v) is 1.73. The molecule has 2 N–H and O–H groups in total. The highest BCUT2D eigenvalue weighted by Gasteiger charge is 2.17. The van der Waals surface area contributed by atoms with E-state index >= 15 is 0 Å². The molecule has 1 aromatic rings. The lowest BCUT2D eigenvalue weighted by molar-refractivity contribution is -0.123. The summed E-state index contributed by atoms with van der Waals surface area (Å²) in [6.45, 7) is 4.40. The van der Waals surface area contributed by atoms with E-state index < -0.39 is 5.97 Å². The van der Waals surface area contributed by atoms with E-state index in [9.17, 15) is 9.59 Å². The van der Waals surface area contributed by atoms with Crippen LogP contribution in [-0.2, 0) is 16.1 Å². The van der Waals surface area contributed by atoms with Crippen molar-refractivity contribution in [3.63, 3.8) is 0 Å². The van der Waals surface area contributed by atoms with Crippen molar-refractivity contribution in [2.75, 3.05) is 13.7 Å². The molecule has 0 aliphatic carbocycles. The number of nitrogens with one attached hydrogen (secondary N) is 1. The predicted molar refractivity (Wildman–Crippen MR) is 70.0 cm³/mol. The first kappa shape index (κ1) is 15.2. The number of carboxylic acids is 1. The average Bonchev–Trinajstić information content (AvgIpc) is 2.76. The van der Waals surface area contributed by atoms with Crippen LogP contribution in [0.2, 0.25) is 0 Å². The first-order chi connectivity index (χ1) is 8.95. The number of carbonyl (C=O) groups is 2. The molecule has 1 amide bonds. The van der Waals surface area contributed by atoms with Crippen molar-refractivity contribution in [1.29, 1.82) is 0 Å². The van der Waals surface area contributed by atoms with Crippen LogP contribution in [0, 0.1) is 5.92 Å². The van der Waals surface area contributed by atoms with E-state index in [2.05, 4.69) is 5.32 Å². The molecule has 6 nitrogen and oxygen atoms in total. The topological polar surface area (TPSA) is 80.6 Å². The normalized spacial score (nSPS) is 12.4. The lowest BCUT2D eigenvalue weighted by Gasteiger charge is -2.21. The first-order valence-electron chi connectivity index (χ1n) is 6.12. The number of amides is 1. The van der Waals surface area contributed by atoms with E-state index in [0.29, 0.717) is 6.61 Å². The summed E-state index contributed by atoms with van der Waals surface area (Å²) in [5, 5.41) is 11.8. The quantitative estimate of drug-likeness (QED) is 0.772. The van der Waals surface area contributed by atoms with Crippen LogP contribution in [0.4, 0.5) is 0 Å². The van der Waals surface area contributed by atoms with Crippen LogP contribution in [0.1, 0.15) is 24.3 Å². The van der Waals surface area contributed by atoms with Gasteiger partial charge < -0.3 is 19.7 Å². The molecular formula is C13H20N2O4. The van der Waals surface area contributed by atoms with Gasteiger partial charge in [-0.25, -0.2) is 4.79 Å². The van der Waals surface area contributed by atoms with Crippen LogP contribution in [0.15, 0.2) is 18.3 Å². The molecule has 1 unspecified atom stereocenters. The van der Waals surface area contributed by atoms with E-state index in [1.54, 1.807) is 19.4 Å². The van der Waals surface area contributed by atoms with Crippen LogP contribution < -0.4 is 5.32 Å². The Morgan fingerprint density at radius 2 is 2.16 bits per heavy atom. The predicted octanol–water partition coefficient (Wildman–Crippen LogP) is 0.974. The van der Waals surface area contributed by atoms with Gasteiger partial charge >= 0.3 is 5.97 Å². The maximum atomic E-state index is 11.9. The maximum Gasteiger partial charge on any atom is 0.352 e. The van der Waals surface area contributed by atoms with E-state index in [1.165, 1.54) is 10.6 Å². The molecule has 0 spiro atoms. The molecule has 0 bridgehead atoms. The van der Waals surface area contributed by atoms with Crippen LogP contribution in [0.25, 0.3) is 0 Å². The van der Waals surface area contributed by atoms with E-state index in [-0.39, 0.29) is 30.1 Å². The summed E-state index contributed by atoms with van der Waals surface area (Å²) in [5.74, 6) is -1.03. The van der Waals surface area contributed by atoms with Crippen molar-refractivity contribution in [2.45, 2.75) is 26.4 Å². The Balaban J connectivity index is 2.64. The number of carboxylic acid groups (broad SMARTS) is 1. The van der Waals surface area contributed by atoms with Gasteiger partial charge in [-0.15, -0.1) is 0 Å². The van der Waals surface area contributed by atoms with Crippen molar-refractivity contribution in [1.82, 2.24) is 9.88 Å². The van der Waals surface area contributed by atoms with E-state index in [4.69, 9.17) is 9.84 Å². The smallest absolute Gasteiger partial charge is 0.352 e. The number of rotatable bonds is 7. The van der Waals surface area contributed by atoms with Gasteiger partial charge in [-0.3, -0.25) is 4.79 Å². The minimum Gasteiger partial charge on any atom is -0.477 e. The second-order valence-corrected chi connectivity index (χ2v) is 4.70. The molecule has 0 saturated carbocycles. The third-order valence-electron chi connectivity index (χ3n) is 2.86. The Morgan fingerprint density at radius 1 is 1.47 bits per heavy atom. The van der Waals surface area contributed by atoms with Crippen molar-refractivity contribution >= 4 is 11.9 Å². The number of hydrogen-bond acceptors (Lipinski definition) is 3. The highest BCUT2D eigenvalue weighted by Crippen LogP contribution is 2.04. The highest BCUT2D eigenvalue weighted by atomic mass is 16.5. The number of nitrogens with zero attached hydrogens (tertiary/aromatic N) is 1. The maximum absolute atomic E-state index is 11.9. The third kappa shape index (κ3) is 4.40. The second kappa shape index (κ2) is 6.94. The lowest BCUT2D eigenvalue weighted by Crippen LogP contribution is -2.43. The number of methoxy groups -OCH3 is 1. The van der Waals surface area contributed by atoms with Crippen LogP contribution in [-0.4, -0.2) is 41.3 Å². The monoisotopic (exact) mass is 268 g/mol. The molecule has 106 valence electrons. The molecule has 0 fully saturated rings. The highest BCUT2D eigenvalue weighted by molar-refractivity contribution is 5.86. The van der Waals surface area contributed by atoms with E-state index in [0.717, 1.165) is 0 Å². The van der Waals surface area contributed by atoms with Gasteiger partial charge in [0.2, 0.25) is 5.91 Å². The molecule has 6 heteroatoms. The molecule has 0 aliphatic heterocycles. The van der Waals surface area contributed by atoms with Crippen LogP contribution in [0.5, 0.6) is 0 Å². The molecule has 1 aromatic heterocycles. The van der Waals surface area contributed by atoms with Crippen LogP contribution in [0.3, 0.4) is 0 Å². The average molecular weight is 268 g/mol. The van der Waals surface area contributed by atoms with Crippen molar-refractivity contribution in [3.8, 4) is 0 Å². The Kier molecular flexibility index (Phi) is 5.57. The van der Waals surface area contributed by atoms with Gasteiger partial charge in [0.15, 0.2) is 0 Å². The van der Waals surface area contributed by atoms with Gasteiger partial charge in [0.1, 0.15) is 12.2 Å². The fraction of sp³-hybridized carbons (Fsp3) is 0.538.